The topological polar surface area (TPSA) is 69.4 Å². The van der Waals surface area contributed by atoms with E-state index in [1.54, 1.807) is 19.1 Å². The zero-order valence-electron chi connectivity index (χ0n) is 11.6. The Morgan fingerprint density at radius 2 is 2.05 bits per heavy atom. The standard InChI is InChI=1S/C15H16ClNO4/c1-2-21-15(18)13-8-5-11(16)9-14(13)10-3-6-12(7-4-10)17(19)20/h3-4,6-7,9,11,13H,2,5,8H2,1H3. The van der Waals surface area contributed by atoms with Crippen molar-refractivity contribution in [3.05, 3.63) is 46.0 Å². The van der Waals surface area contributed by atoms with Crippen molar-refractivity contribution >= 4 is 28.8 Å². The molecule has 0 bridgehead atoms. The van der Waals surface area contributed by atoms with E-state index in [1.165, 1.54) is 12.1 Å². The van der Waals surface area contributed by atoms with Gasteiger partial charge in [0.25, 0.3) is 5.69 Å². The Balaban J connectivity index is 2.32. The first-order valence-corrected chi connectivity index (χ1v) is 7.23. The number of carbonyl (C=O) groups is 1. The van der Waals surface area contributed by atoms with Gasteiger partial charge in [-0.3, -0.25) is 14.9 Å². The van der Waals surface area contributed by atoms with Crippen molar-refractivity contribution in [3.8, 4) is 0 Å². The van der Waals surface area contributed by atoms with Crippen LogP contribution in [0.1, 0.15) is 25.3 Å². The molecule has 0 amide bonds. The van der Waals surface area contributed by atoms with Gasteiger partial charge in [0, 0.05) is 12.1 Å². The summed E-state index contributed by atoms with van der Waals surface area (Å²) in [4.78, 5) is 22.3. The number of ether oxygens (including phenoxy) is 1. The van der Waals surface area contributed by atoms with E-state index in [1.807, 2.05) is 6.08 Å². The van der Waals surface area contributed by atoms with Gasteiger partial charge in [-0.15, -0.1) is 11.6 Å². The second-order valence-corrected chi connectivity index (χ2v) is 5.38. The molecule has 0 radical (unpaired) electrons. The van der Waals surface area contributed by atoms with Gasteiger partial charge in [-0.25, -0.2) is 0 Å². The number of carbonyl (C=O) groups excluding carboxylic acids is 1. The SMILES string of the molecule is CCOC(=O)C1CCC(Cl)C=C1c1ccc([N+](=O)[O-])cc1. The summed E-state index contributed by atoms with van der Waals surface area (Å²) in [6, 6.07) is 6.14. The Bertz CT molecular complexity index is 568. The molecule has 1 aliphatic rings. The van der Waals surface area contributed by atoms with E-state index in [0.29, 0.717) is 19.4 Å². The minimum atomic E-state index is -0.452. The Labute approximate surface area is 127 Å². The minimum Gasteiger partial charge on any atom is -0.466 e. The summed E-state index contributed by atoms with van der Waals surface area (Å²) in [6.45, 7) is 2.09. The van der Waals surface area contributed by atoms with Gasteiger partial charge >= 0.3 is 5.97 Å². The summed E-state index contributed by atoms with van der Waals surface area (Å²) < 4.78 is 5.10. The summed E-state index contributed by atoms with van der Waals surface area (Å²) in [7, 11) is 0. The molecule has 0 saturated heterocycles. The molecule has 0 saturated carbocycles. The first-order chi connectivity index (χ1) is 10.0. The lowest BCUT2D eigenvalue weighted by Crippen LogP contribution is -2.24. The zero-order chi connectivity index (χ0) is 15.4. The summed E-state index contributed by atoms with van der Waals surface area (Å²) in [5.41, 5.74) is 1.57. The average molecular weight is 310 g/mol. The van der Waals surface area contributed by atoms with Crippen molar-refractivity contribution in [1.82, 2.24) is 0 Å². The third-order valence-corrected chi connectivity index (χ3v) is 3.79. The molecular weight excluding hydrogens is 294 g/mol. The molecule has 0 N–H and O–H groups in total. The lowest BCUT2D eigenvalue weighted by Gasteiger charge is -2.25. The third kappa shape index (κ3) is 3.61. The largest absolute Gasteiger partial charge is 0.466 e. The molecule has 2 rings (SSSR count). The van der Waals surface area contributed by atoms with Gasteiger partial charge in [0.2, 0.25) is 0 Å². The number of hydrogen-bond acceptors (Lipinski definition) is 4. The highest BCUT2D eigenvalue weighted by Gasteiger charge is 2.30. The van der Waals surface area contributed by atoms with Crippen molar-refractivity contribution in [2.75, 3.05) is 6.61 Å². The number of hydrogen-bond donors (Lipinski definition) is 0. The lowest BCUT2D eigenvalue weighted by molar-refractivity contribution is -0.384. The molecule has 0 fully saturated rings. The molecule has 1 aliphatic carbocycles. The van der Waals surface area contributed by atoms with Crippen molar-refractivity contribution in [1.29, 1.82) is 0 Å². The van der Waals surface area contributed by atoms with E-state index in [9.17, 15) is 14.9 Å². The van der Waals surface area contributed by atoms with E-state index in [4.69, 9.17) is 16.3 Å². The van der Waals surface area contributed by atoms with E-state index >= 15 is 0 Å². The monoisotopic (exact) mass is 309 g/mol. The highest BCUT2D eigenvalue weighted by molar-refractivity contribution is 6.22. The van der Waals surface area contributed by atoms with Crippen LogP contribution >= 0.6 is 11.6 Å². The van der Waals surface area contributed by atoms with Crippen LogP contribution in [0.5, 0.6) is 0 Å². The van der Waals surface area contributed by atoms with Crippen molar-refractivity contribution in [2.24, 2.45) is 5.92 Å². The van der Waals surface area contributed by atoms with Gasteiger partial charge < -0.3 is 4.74 Å². The maximum absolute atomic E-state index is 12.0. The van der Waals surface area contributed by atoms with Crippen LogP contribution in [0.3, 0.4) is 0 Å². The smallest absolute Gasteiger partial charge is 0.313 e. The number of benzene rings is 1. The zero-order valence-corrected chi connectivity index (χ0v) is 12.4. The lowest BCUT2D eigenvalue weighted by atomic mass is 9.83. The Morgan fingerprint density at radius 3 is 2.62 bits per heavy atom. The number of nitro benzene ring substituents is 1. The number of alkyl halides is 1. The molecule has 0 spiro atoms. The Kier molecular flexibility index (Phi) is 4.96. The molecule has 0 heterocycles. The predicted molar refractivity (Wildman–Crippen MR) is 80.1 cm³/mol. The van der Waals surface area contributed by atoms with E-state index in [-0.39, 0.29) is 23.0 Å². The van der Waals surface area contributed by atoms with Gasteiger partial charge in [0.05, 0.1) is 22.8 Å². The third-order valence-electron chi connectivity index (χ3n) is 3.45. The Hall–Kier alpha value is -1.88. The van der Waals surface area contributed by atoms with Crippen LogP contribution in [0, 0.1) is 16.0 Å². The second-order valence-electron chi connectivity index (χ2n) is 4.82. The summed E-state index contributed by atoms with van der Waals surface area (Å²) in [5.74, 6) is -0.632. The van der Waals surface area contributed by atoms with Crippen LogP contribution in [-0.4, -0.2) is 22.9 Å². The molecule has 2 atom stereocenters. The normalized spacial score (nSPS) is 21.5. The van der Waals surface area contributed by atoms with Crippen LogP contribution in [-0.2, 0) is 9.53 Å². The molecule has 0 aromatic heterocycles. The van der Waals surface area contributed by atoms with Crippen LogP contribution in [0.25, 0.3) is 5.57 Å². The molecule has 6 heteroatoms. The van der Waals surface area contributed by atoms with Crippen molar-refractivity contribution < 1.29 is 14.5 Å². The quantitative estimate of drug-likeness (QED) is 0.369. The molecule has 1 aromatic carbocycles. The molecule has 1 aromatic rings. The Morgan fingerprint density at radius 1 is 1.38 bits per heavy atom. The van der Waals surface area contributed by atoms with Gasteiger partial charge in [-0.1, -0.05) is 6.08 Å². The summed E-state index contributed by atoms with van der Waals surface area (Å²) in [6.07, 6.45) is 3.17. The van der Waals surface area contributed by atoms with Gasteiger partial charge in [-0.05, 0) is 43.0 Å². The molecule has 0 aliphatic heterocycles. The van der Waals surface area contributed by atoms with Gasteiger partial charge in [0.15, 0.2) is 0 Å². The molecule has 21 heavy (non-hydrogen) atoms. The fraction of sp³-hybridized carbons (Fsp3) is 0.400. The van der Waals surface area contributed by atoms with E-state index < -0.39 is 4.92 Å². The highest BCUT2D eigenvalue weighted by atomic mass is 35.5. The first-order valence-electron chi connectivity index (χ1n) is 6.80. The summed E-state index contributed by atoms with van der Waals surface area (Å²) >= 11 is 6.15. The molecule has 112 valence electrons. The van der Waals surface area contributed by atoms with Gasteiger partial charge in [-0.2, -0.15) is 0 Å². The fourth-order valence-corrected chi connectivity index (χ4v) is 2.70. The van der Waals surface area contributed by atoms with Crippen LogP contribution in [0.4, 0.5) is 5.69 Å². The van der Waals surface area contributed by atoms with E-state index in [0.717, 1.165) is 11.1 Å². The molecule has 5 nitrogen and oxygen atoms in total. The molecule has 2 unspecified atom stereocenters. The van der Waals surface area contributed by atoms with Crippen molar-refractivity contribution in [3.63, 3.8) is 0 Å². The average Bonchev–Trinajstić information content (AvgIpc) is 2.47. The number of halogens is 1. The maximum atomic E-state index is 12.0. The fourth-order valence-electron chi connectivity index (χ4n) is 2.44. The summed E-state index contributed by atoms with van der Waals surface area (Å²) in [5, 5.41) is 10.6. The number of esters is 1. The van der Waals surface area contributed by atoms with Crippen molar-refractivity contribution in [2.45, 2.75) is 25.1 Å². The van der Waals surface area contributed by atoms with E-state index in [2.05, 4.69) is 0 Å². The molecular formula is C15H16ClNO4. The number of rotatable bonds is 4. The number of nitrogens with zero attached hydrogens (tertiary/aromatic N) is 1. The second kappa shape index (κ2) is 6.72. The highest BCUT2D eigenvalue weighted by Crippen LogP contribution is 2.35. The van der Waals surface area contributed by atoms with Crippen LogP contribution in [0.15, 0.2) is 30.3 Å². The van der Waals surface area contributed by atoms with Gasteiger partial charge in [0.1, 0.15) is 0 Å². The number of allylic oxidation sites excluding steroid dienone is 1. The number of nitro groups is 1. The van der Waals surface area contributed by atoms with Crippen LogP contribution < -0.4 is 0 Å². The maximum Gasteiger partial charge on any atom is 0.313 e. The number of non-ortho nitro benzene ring substituents is 1. The first kappa shape index (κ1) is 15.5. The predicted octanol–water partition coefficient (Wildman–Crippen LogP) is 3.56. The minimum absolute atomic E-state index is 0.0188. The van der Waals surface area contributed by atoms with Crippen LogP contribution in [0.2, 0.25) is 0 Å².